The number of hydrogen-bond donors (Lipinski definition) is 2. The minimum atomic E-state index is -1.12. The van der Waals surface area contributed by atoms with Crippen molar-refractivity contribution in [2.24, 2.45) is 5.10 Å². The summed E-state index contributed by atoms with van der Waals surface area (Å²) in [7, 11) is 0. The first kappa shape index (κ1) is 20.6. The Morgan fingerprint density at radius 1 is 0.900 bits per heavy atom. The van der Waals surface area contributed by atoms with Gasteiger partial charge < -0.3 is 9.84 Å². The number of carbonyl (C=O) groups excluding carboxylic acids is 1. The Morgan fingerprint density at radius 3 is 1.90 bits per heavy atom. The molecule has 30 heavy (non-hydrogen) atoms. The quantitative estimate of drug-likeness (QED) is 0.430. The number of carboxylic acids is 1. The Kier molecular flexibility index (Phi) is 7.16. The van der Waals surface area contributed by atoms with Crippen molar-refractivity contribution in [1.29, 1.82) is 0 Å². The molecule has 0 aliphatic rings. The molecule has 0 fully saturated rings. The summed E-state index contributed by atoms with van der Waals surface area (Å²) < 4.78 is 5.46. The lowest BCUT2D eigenvalue weighted by molar-refractivity contribution is -0.144. The average molecular weight is 403 g/mol. The highest BCUT2D eigenvalue weighted by Crippen LogP contribution is 2.24. The number of nitrogens with zero attached hydrogens (tertiary/aromatic N) is 2. The number of anilines is 2. The molecule has 3 rings (SSSR count). The zero-order valence-corrected chi connectivity index (χ0v) is 16.1. The van der Waals surface area contributed by atoms with Crippen LogP contribution in [-0.4, -0.2) is 29.4 Å². The van der Waals surface area contributed by atoms with Gasteiger partial charge in [-0.15, -0.1) is 0 Å². The molecule has 3 aromatic carbocycles. The van der Waals surface area contributed by atoms with E-state index in [1.54, 1.807) is 24.3 Å². The third-order valence-corrected chi connectivity index (χ3v) is 4.10. The molecule has 0 aliphatic carbocycles. The Hall–Kier alpha value is -4.13. The molecule has 0 radical (unpaired) electrons. The second kappa shape index (κ2) is 10.4. The number of hydrogen-bond acceptors (Lipinski definition) is 4. The van der Waals surface area contributed by atoms with Crippen LogP contribution in [0.5, 0.6) is 5.75 Å². The van der Waals surface area contributed by atoms with E-state index in [1.807, 2.05) is 66.7 Å². The van der Waals surface area contributed by atoms with E-state index in [4.69, 9.17) is 4.74 Å². The van der Waals surface area contributed by atoms with Crippen LogP contribution in [0.2, 0.25) is 0 Å². The number of rotatable bonds is 8. The summed E-state index contributed by atoms with van der Waals surface area (Å²) in [5.74, 6) is -0.673. The third-order valence-electron chi connectivity index (χ3n) is 4.10. The maximum absolute atomic E-state index is 12.8. The zero-order chi connectivity index (χ0) is 21.2. The molecule has 0 saturated heterocycles. The molecule has 1 unspecified atom stereocenters. The fourth-order valence-electron chi connectivity index (χ4n) is 2.70. The first-order valence-electron chi connectivity index (χ1n) is 9.31. The van der Waals surface area contributed by atoms with Gasteiger partial charge in [-0.1, -0.05) is 54.6 Å². The fourth-order valence-corrected chi connectivity index (χ4v) is 2.70. The minimum Gasteiger partial charge on any atom is -0.478 e. The van der Waals surface area contributed by atoms with Crippen molar-refractivity contribution in [3.05, 3.63) is 91.0 Å². The lowest BCUT2D eigenvalue weighted by Crippen LogP contribution is -2.34. The van der Waals surface area contributed by atoms with Crippen molar-refractivity contribution in [3.63, 3.8) is 0 Å². The summed E-state index contributed by atoms with van der Waals surface area (Å²) in [5.41, 5.74) is 3.79. The van der Waals surface area contributed by atoms with Gasteiger partial charge in [-0.25, -0.2) is 15.0 Å². The van der Waals surface area contributed by atoms with Crippen LogP contribution in [0, 0.1) is 0 Å². The van der Waals surface area contributed by atoms with Crippen LogP contribution in [-0.2, 0) is 4.79 Å². The smallest absolute Gasteiger partial charge is 0.346 e. The molecule has 0 saturated carbocycles. The van der Waals surface area contributed by atoms with Gasteiger partial charge >= 0.3 is 12.0 Å². The number of ether oxygens (including phenoxy) is 1. The van der Waals surface area contributed by atoms with Crippen molar-refractivity contribution in [1.82, 2.24) is 5.43 Å². The van der Waals surface area contributed by atoms with Crippen molar-refractivity contribution < 1.29 is 19.4 Å². The summed E-state index contributed by atoms with van der Waals surface area (Å²) in [6.45, 7) is 0. The summed E-state index contributed by atoms with van der Waals surface area (Å²) in [5, 5.41) is 13.2. The van der Waals surface area contributed by atoms with E-state index < -0.39 is 18.1 Å². The molecule has 0 heterocycles. The molecule has 152 valence electrons. The number of benzene rings is 3. The predicted octanol–water partition coefficient (Wildman–Crippen LogP) is 4.44. The molecule has 3 aromatic rings. The van der Waals surface area contributed by atoms with E-state index in [-0.39, 0.29) is 6.42 Å². The number of hydrazone groups is 1. The summed E-state index contributed by atoms with van der Waals surface area (Å²) in [4.78, 5) is 25.7. The first-order valence-corrected chi connectivity index (χ1v) is 9.31. The van der Waals surface area contributed by atoms with Crippen LogP contribution >= 0.6 is 0 Å². The van der Waals surface area contributed by atoms with E-state index in [0.29, 0.717) is 17.1 Å². The Morgan fingerprint density at radius 2 is 1.40 bits per heavy atom. The lowest BCUT2D eigenvalue weighted by atomic mass is 10.2. The third kappa shape index (κ3) is 5.68. The molecule has 0 aromatic heterocycles. The molecule has 2 N–H and O–H groups in total. The predicted molar refractivity (Wildman–Crippen MR) is 115 cm³/mol. The number of nitrogens with one attached hydrogen (secondary N) is 1. The molecule has 0 spiro atoms. The maximum atomic E-state index is 12.8. The van der Waals surface area contributed by atoms with Crippen molar-refractivity contribution in [3.8, 4) is 5.75 Å². The van der Waals surface area contributed by atoms with Gasteiger partial charge in [0.15, 0.2) is 0 Å². The summed E-state index contributed by atoms with van der Waals surface area (Å²) in [6.07, 6.45) is 0.182. The van der Waals surface area contributed by atoms with Gasteiger partial charge in [0.2, 0.25) is 6.10 Å². The first-order chi connectivity index (χ1) is 14.6. The highest BCUT2D eigenvalue weighted by Gasteiger charge is 2.19. The molecular weight excluding hydrogens is 382 g/mol. The second-order valence-corrected chi connectivity index (χ2v) is 6.23. The van der Waals surface area contributed by atoms with Gasteiger partial charge in [0, 0.05) is 12.6 Å². The van der Waals surface area contributed by atoms with E-state index >= 15 is 0 Å². The number of carboxylic acid groups (broad SMARTS) is 1. The van der Waals surface area contributed by atoms with Gasteiger partial charge in [-0.3, -0.25) is 4.90 Å². The maximum Gasteiger partial charge on any atom is 0.346 e. The highest BCUT2D eigenvalue weighted by atomic mass is 16.5. The Balaban J connectivity index is 1.65. The van der Waals surface area contributed by atoms with Gasteiger partial charge in [0.05, 0.1) is 11.4 Å². The number of aliphatic carboxylic acids is 1. The van der Waals surface area contributed by atoms with Crippen molar-refractivity contribution >= 4 is 29.6 Å². The highest BCUT2D eigenvalue weighted by molar-refractivity contribution is 5.99. The SMILES string of the molecule is O=C(O)C(CC=NNC(=O)N(c1ccccc1)c1ccccc1)Oc1ccccc1. The van der Waals surface area contributed by atoms with Crippen LogP contribution in [0.3, 0.4) is 0 Å². The lowest BCUT2D eigenvalue weighted by Gasteiger charge is -2.22. The molecule has 0 aliphatic heterocycles. The molecule has 7 nitrogen and oxygen atoms in total. The number of amides is 2. The van der Waals surface area contributed by atoms with E-state index in [0.717, 1.165) is 0 Å². The standard InChI is InChI=1S/C23H21N3O4/c27-22(28)21(30-20-14-8-3-9-15-20)16-17-24-25-23(29)26(18-10-4-1-5-11-18)19-12-6-2-7-13-19/h1-15,17,21H,16H2,(H,25,29)(H,27,28). The summed E-state index contributed by atoms with van der Waals surface area (Å²) in [6, 6.07) is 26.5. The van der Waals surface area contributed by atoms with Crippen LogP contribution in [0.15, 0.2) is 96.1 Å². The minimum absolute atomic E-state index is 0.0127. The van der Waals surface area contributed by atoms with Gasteiger partial charge in [-0.05, 0) is 36.4 Å². The van der Waals surface area contributed by atoms with E-state index in [9.17, 15) is 14.7 Å². The van der Waals surface area contributed by atoms with Crippen LogP contribution in [0.1, 0.15) is 6.42 Å². The fraction of sp³-hybridized carbons (Fsp3) is 0.0870. The van der Waals surface area contributed by atoms with Crippen LogP contribution in [0.4, 0.5) is 16.2 Å². The topological polar surface area (TPSA) is 91.2 Å². The largest absolute Gasteiger partial charge is 0.478 e. The Labute approximate surface area is 174 Å². The van der Waals surface area contributed by atoms with Gasteiger partial charge in [0.1, 0.15) is 5.75 Å². The molecule has 0 bridgehead atoms. The average Bonchev–Trinajstić information content (AvgIpc) is 2.78. The van der Waals surface area contributed by atoms with Crippen LogP contribution < -0.4 is 15.1 Å². The molecule has 2 amide bonds. The normalized spacial score (nSPS) is 11.6. The second-order valence-electron chi connectivity index (χ2n) is 6.23. The molecule has 1 atom stereocenters. The monoisotopic (exact) mass is 403 g/mol. The van der Waals surface area contributed by atoms with Gasteiger partial charge in [-0.2, -0.15) is 5.10 Å². The number of urea groups is 1. The number of carbonyl (C=O) groups is 2. The molecular formula is C23H21N3O4. The van der Waals surface area contributed by atoms with Crippen molar-refractivity contribution in [2.75, 3.05) is 4.90 Å². The zero-order valence-electron chi connectivity index (χ0n) is 16.1. The van der Waals surface area contributed by atoms with Gasteiger partial charge in [0.25, 0.3) is 0 Å². The molecule has 7 heteroatoms. The number of para-hydroxylation sites is 3. The Bertz CT molecular complexity index is 940. The van der Waals surface area contributed by atoms with Crippen LogP contribution in [0.25, 0.3) is 0 Å². The van der Waals surface area contributed by atoms with E-state index in [1.165, 1.54) is 11.1 Å². The van der Waals surface area contributed by atoms with Crippen molar-refractivity contribution in [2.45, 2.75) is 12.5 Å². The summed E-state index contributed by atoms with van der Waals surface area (Å²) >= 11 is 0. The van der Waals surface area contributed by atoms with E-state index in [2.05, 4.69) is 10.5 Å².